The molecule has 0 unspecified atom stereocenters. The number of imide groups is 1. The molecule has 3 heterocycles. The summed E-state index contributed by atoms with van der Waals surface area (Å²) in [4.78, 5) is 44.6. The number of hydrogen-bond acceptors (Lipinski definition) is 6. The number of nitrogens with zero attached hydrogens (tertiary/aromatic N) is 1. The quantitative estimate of drug-likeness (QED) is 0.270. The van der Waals surface area contributed by atoms with Gasteiger partial charge in [-0.25, -0.2) is 4.90 Å². The SMILES string of the molecule is O=C1[C@H]2[C@H](c3cc(Br)ccc3OCc3ccccc3)c3sc(=O)[nH]c3S[C@H]2C(=O)N1c1ccc(Cl)cc1. The van der Waals surface area contributed by atoms with Gasteiger partial charge >= 0.3 is 4.87 Å². The molecular formula is C27H18BrClN2O4S2. The molecule has 2 aliphatic rings. The van der Waals surface area contributed by atoms with Crippen LogP contribution >= 0.6 is 50.6 Å². The van der Waals surface area contributed by atoms with E-state index in [1.807, 2.05) is 48.5 Å². The molecule has 3 aromatic carbocycles. The number of aromatic nitrogens is 1. The summed E-state index contributed by atoms with van der Waals surface area (Å²) in [6.45, 7) is 0.338. The third kappa shape index (κ3) is 4.44. The van der Waals surface area contributed by atoms with E-state index in [4.69, 9.17) is 16.3 Å². The number of carbonyl (C=O) groups excluding carboxylic acids is 2. The molecule has 1 saturated heterocycles. The first-order valence-electron chi connectivity index (χ1n) is 11.4. The number of nitrogens with one attached hydrogen (secondary N) is 1. The molecule has 1 N–H and O–H groups in total. The number of carbonyl (C=O) groups is 2. The molecule has 4 aromatic rings. The van der Waals surface area contributed by atoms with Gasteiger partial charge in [0.25, 0.3) is 0 Å². The first-order chi connectivity index (χ1) is 17.9. The smallest absolute Gasteiger partial charge is 0.305 e. The molecular weight excluding hydrogens is 596 g/mol. The van der Waals surface area contributed by atoms with Gasteiger partial charge in [-0.15, -0.1) is 0 Å². The summed E-state index contributed by atoms with van der Waals surface area (Å²) in [6, 6.07) is 22.1. The Hall–Kier alpha value is -2.85. The maximum absolute atomic E-state index is 13.9. The number of thioether (sulfide) groups is 1. The van der Waals surface area contributed by atoms with Gasteiger partial charge in [0, 0.05) is 25.9 Å². The molecule has 1 aromatic heterocycles. The van der Waals surface area contributed by atoms with E-state index in [2.05, 4.69) is 20.9 Å². The van der Waals surface area contributed by atoms with Crippen LogP contribution in [0.1, 0.15) is 21.9 Å². The molecule has 37 heavy (non-hydrogen) atoms. The van der Waals surface area contributed by atoms with E-state index < -0.39 is 17.1 Å². The number of amides is 2. The Morgan fingerprint density at radius 1 is 0.973 bits per heavy atom. The average molecular weight is 614 g/mol. The fourth-order valence-electron chi connectivity index (χ4n) is 4.83. The van der Waals surface area contributed by atoms with Crippen molar-refractivity contribution in [3.8, 4) is 5.75 Å². The molecule has 6 rings (SSSR count). The molecule has 0 aliphatic carbocycles. The van der Waals surface area contributed by atoms with Crippen LogP contribution in [0, 0.1) is 5.92 Å². The number of ether oxygens (including phenoxy) is 1. The van der Waals surface area contributed by atoms with Gasteiger partial charge in [-0.05, 0) is 48.0 Å². The summed E-state index contributed by atoms with van der Waals surface area (Å²) < 4.78 is 7.06. The highest BCUT2D eigenvalue weighted by Crippen LogP contribution is 2.54. The molecule has 2 aliphatic heterocycles. The van der Waals surface area contributed by atoms with E-state index in [1.54, 1.807) is 24.3 Å². The molecule has 0 radical (unpaired) electrons. The Bertz CT molecular complexity index is 1570. The Morgan fingerprint density at radius 3 is 2.49 bits per heavy atom. The normalized spacial score (nSPS) is 20.6. The molecule has 10 heteroatoms. The number of hydrogen-bond donors (Lipinski definition) is 1. The summed E-state index contributed by atoms with van der Waals surface area (Å²) in [5, 5.41) is 0.447. The molecule has 0 bridgehead atoms. The maximum atomic E-state index is 13.9. The van der Waals surface area contributed by atoms with Crippen LogP contribution in [-0.4, -0.2) is 22.0 Å². The first kappa shape index (κ1) is 24.5. The number of thiazole rings is 1. The number of H-pyrrole nitrogens is 1. The molecule has 1 fully saturated rings. The Kier molecular flexibility index (Phi) is 6.48. The van der Waals surface area contributed by atoms with Crippen LogP contribution in [0.4, 0.5) is 5.69 Å². The van der Waals surface area contributed by atoms with Crippen molar-refractivity contribution in [2.45, 2.75) is 22.8 Å². The van der Waals surface area contributed by atoms with Crippen LogP contribution in [0.15, 0.2) is 87.1 Å². The van der Waals surface area contributed by atoms with Crippen LogP contribution in [-0.2, 0) is 16.2 Å². The fourth-order valence-corrected chi connectivity index (χ4v) is 7.84. The largest absolute Gasteiger partial charge is 0.489 e. The third-order valence-corrected chi connectivity index (χ3v) is 9.60. The second kappa shape index (κ2) is 9.79. The van der Waals surface area contributed by atoms with Crippen molar-refractivity contribution in [2.75, 3.05) is 4.90 Å². The van der Waals surface area contributed by atoms with Gasteiger partial charge in [0.1, 0.15) is 17.6 Å². The lowest BCUT2D eigenvalue weighted by molar-refractivity contribution is -0.122. The van der Waals surface area contributed by atoms with Crippen molar-refractivity contribution in [1.29, 1.82) is 0 Å². The Balaban J connectivity index is 1.45. The van der Waals surface area contributed by atoms with Gasteiger partial charge in [-0.2, -0.15) is 0 Å². The summed E-state index contributed by atoms with van der Waals surface area (Å²) in [7, 11) is 0. The van der Waals surface area contributed by atoms with Gasteiger partial charge in [-0.1, -0.05) is 81.0 Å². The van der Waals surface area contributed by atoms with Crippen LogP contribution in [0.3, 0.4) is 0 Å². The van der Waals surface area contributed by atoms with E-state index in [9.17, 15) is 14.4 Å². The van der Waals surface area contributed by atoms with Gasteiger partial charge < -0.3 is 9.72 Å². The topological polar surface area (TPSA) is 79.5 Å². The molecule has 6 nitrogen and oxygen atoms in total. The molecule has 0 saturated carbocycles. The average Bonchev–Trinajstić information content (AvgIpc) is 3.39. The zero-order valence-electron chi connectivity index (χ0n) is 19.0. The van der Waals surface area contributed by atoms with Crippen molar-refractivity contribution in [1.82, 2.24) is 4.98 Å². The Labute approximate surface area is 233 Å². The van der Waals surface area contributed by atoms with Crippen molar-refractivity contribution >= 4 is 68.1 Å². The highest BCUT2D eigenvalue weighted by Gasteiger charge is 2.56. The minimum atomic E-state index is -0.708. The zero-order valence-corrected chi connectivity index (χ0v) is 23.0. The summed E-state index contributed by atoms with van der Waals surface area (Å²) in [6.07, 6.45) is 0. The molecule has 186 valence electrons. The summed E-state index contributed by atoms with van der Waals surface area (Å²) in [5.41, 5.74) is 2.22. The third-order valence-electron chi connectivity index (χ3n) is 6.45. The van der Waals surface area contributed by atoms with Crippen LogP contribution in [0.25, 0.3) is 0 Å². The summed E-state index contributed by atoms with van der Waals surface area (Å²) >= 11 is 11.9. The molecule has 3 atom stereocenters. The highest BCUT2D eigenvalue weighted by molar-refractivity contribution is 9.10. The second-order valence-electron chi connectivity index (χ2n) is 8.69. The summed E-state index contributed by atoms with van der Waals surface area (Å²) in [5.74, 6) is -1.27. The standard InChI is InChI=1S/C27H18BrClN2O4S2/c28-15-6-11-19(35-13-14-4-2-1-3-5-14)18(12-15)20-21-23(36-24-22(20)37-27(34)30-24)26(33)31(25(21)32)17-9-7-16(29)8-10-17/h1-12,20-21,23H,13H2,(H,30,34)/t20-,21-,23+/m0/s1. The monoisotopic (exact) mass is 612 g/mol. The fraction of sp³-hybridized carbons (Fsp3) is 0.148. The van der Waals surface area contributed by atoms with Gasteiger partial charge in [0.2, 0.25) is 11.8 Å². The minimum Gasteiger partial charge on any atom is -0.489 e. The lowest BCUT2D eigenvalue weighted by atomic mass is 9.82. The minimum absolute atomic E-state index is 0.223. The zero-order chi connectivity index (χ0) is 25.7. The van der Waals surface area contributed by atoms with Crippen molar-refractivity contribution in [3.63, 3.8) is 0 Å². The predicted molar refractivity (Wildman–Crippen MR) is 149 cm³/mol. The number of halogens is 2. The molecule has 2 amide bonds. The lowest BCUT2D eigenvalue weighted by Crippen LogP contribution is -2.32. The van der Waals surface area contributed by atoms with Crippen LogP contribution in [0.5, 0.6) is 5.75 Å². The van der Waals surface area contributed by atoms with Crippen molar-refractivity contribution < 1.29 is 14.3 Å². The highest BCUT2D eigenvalue weighted by atomic mass is 79.9. The van der Waals surface area contributed by atoms with Crippen LogP contribution in [0.2, 0.25) is 5.02 Å². The van der Waals surface area contributed by atoms with E-state index in [1.165, 1.54) is 16.7 Å². The predicted octanol–water partition coefficient (Wildman–Crippen LogP) is 6.23. The van der Waals surface area contributed by atoms with Crippen molar-refractivity contribution in [2.24, 2.45) is 5.92 Å². The Morgan fingerprint density at radius 2 is 1.73 bits per heavy atom. The number of fused-ring (bicyclic) bond motifs is 2. The van der Waals surface area contributed by atoms with E-state index in [-0.39, 0.29) is 16.7 Å². The lowest BCUT2D eigenvalue weighted by Gasteiger charge is -2.31. The number of rotatable bonds is 5. The first-order valence-corrected chi connectivity index (χ1v) is 14.3. The van der Waals surface area contributed by atoms with Crippen LogP contribution < -0.4 is 14.5 Å². The van der Waals surface area contributed by atoms with Gasteiger partial charge in [0.15, 0.2) is 0 Å². The van der Waals surface area contributed by atoms with E-state index >= 15 is 0 Å². The van der Waals surface area contributed by atoms with Crippen molar-refractivity contribution in [3.05, 3.63) is 108 Å². The second-order valence-corrected chi connectivity index (χ2v) is 12.2. The number of aromatic amines is 1. The van der Waals surface area contributed by atoms with Gasteiger partial charge in [0.05, 0.1) is 16.6 Å². The maximum Gasteiger partial charge on any atom is 0.305 e. The number of anilines is 1. The molecule has 0 spiro atoms. The number of benzene rings is 3. The van der Waals surface area contributed by atoms with Gasteiger partial charge in [-0.3, -0.25) is 14.4 Å². The van der Waals surface area contributed by atoms with E-state index in [0.717, 1.165) is 31.8 Å². The van der Waals surface area contributed by atoms with E-state index in [0.29, 0.717) is 28.1 Å².